The maximum atomic E-state index is 13.6. The van der Waals surface area contributed by atoms with Gasteiger partial charge in [-0.05, 0) is 47.0 Å². The summed E-state index contributed by atoms with van der Waals surface area (Å²) in [5.41, 5.74) is 5.47. The Labute approximate surface area is 218 Å². The highest BCUT2D eigenvalue weighted by atomic mass is 79.9. The lowest BCUT2D eigenvalue weighted by Crippen LogP contribution is -2.36. The minimum absolute atomic E-state index is 0.0133. The first-order valence-corrected chi connectivity index (χ1v) is 11.7. The van der Waals surface area contributed by atoms with E-state index in [9.17, 15) is 31.1 Å². The number of aryl methyl sites for hydroxylation is 1. The van der Waals surface area contributed by atoms with Crippen molar-refractivity contribution in [3.05, 3.63) is 63.9 Å². The summed E-state index contributed by atoms with van der Waals surface area (Å²) in [4.78, 5) is 29.9. The van der Waals surface area contributed by atoms with Gasteiger partial charge in [0.25, 0.3) is 0 Å². The predicted octanol–water partition coefficient (Wildman–Crippen LogP) is 5.06. The zero-order chi connectivity index (χ0) is 27.6. The number of alkyl halides is 5. The molecule has 0 saturated heterocycles. The van der Waals surface area contributed by atoms with E-state index >= 15 is 0 Å². The van der Waals surface area contributed by atoms with Crippen molar-refractivity contribution >= 4 is 39.1 Å². The van der Waals surface area contributed by atoms with E-state index < -0.39 is 42.1 Å². The predicted molar refractivity (Wildman–Crippen MR) is 127 cm³/mol. The Kier molecular flexibility index (Phi) is 5.89. The van der Waals surface area contributed by atoms with Crippen molar-refractivity contribution in [1.82, 2.24) is 24.3 Å². The van der Waals surface area contributed by atoms with Gasteiger partial charge in [0.15, 0.2) is 11.5 Å². The van der Waals surface area contributed by atoms with Crippen molar-refractivity contribution in [2.75, 3.05) is 11.1 Å². The second kappa shape index (κ2) is 8.64. The molecule has 1 aliphatic heterocycles. The number of nitrogens with one attached hydrogen (secondary N) is 1. The number of carbonyl (C=O) groups excluding carboxylic acids is 1. The number of rotatable bonds is 5. The number of imidazole rings is 1. The highest BCUT2D eigenvalue weighted by Gasteiger charge is 2.56. The maximum absolute atomic E-state index is 13.6. The molecule has 4 aromatic rings. The first-order valence-electron chi connectivity index (χ1n) is 11.0. The standard InChI is InChI=1S/C23H16BrF6N7O/c1-21(10-2-4-11(25)5-3-10)15-16(31)34-17(35-18(15)36-20(21)38)13-9-37-14(24)8-32-19(37)12(33-13)6-7-22(26,27)23(28,29)30/h2-5,8-9H,6-7H2,1H3,(H3,31,34,35,36,38). The molecule has 8 nitrogen and oxygen atoms in total. The van der Waals surface area contributed by atoms with Gasteiger partial charge in [0.05, 0.1) is 17.5 Å². The van der Waals surface area contributed by atoms with Gasteiger partial charge in [0.2, 0.25) is 5.91 Å². The largest absolute Gasteiger partial charge is 0.453 e. The first kappa shape index (κ1) is 25.9. The summed E-state index contributed by atoms with van der Waals surface area (Å²) in [7, 11) is 0. The van der Waals surface area contributed by atoms with Crippen LogP contribution in [0.25, 0.3) is 17.2 Å². The second-order valence-electron chi connectivity index (χ2n) is 8.79. The smallest absolute Gasteiger partial charge is 0.383 e. The lowest BCUT2D eigenvalue weighted by atomic mass is 9.78. The summed E-state index contributed by atoms with van der Waals surface area (Å²) in [6.07, 6.45) is -5.29. The molecule has 1 aliphatic rings. The molecule has 5 rings (SSSR count). The highest BCUT2D eigenvalue weighted by molar-refractivity contribution is 9.10. The molecule has 0 aliphatic carbocycles. The van der Waals surface area contributed by atoms with E-state index in [2.05, 4.69) is 41.2 Å². The number of anilines is 2. The number of nitrogens with two attached hydrogens (primary N) is 1. The fourth-order valence-electron chi connectivity index (χ4n) is 4.30. The molecule has 3 N–H and O–H groups in total. The van der Waals surface area contributed by atoms with Crippen LogP contribution in [-0.2, 0) is 16.6 Å². The van der Waals surface area contributed by atoms with E-state index in [0.29, 0.717) is 10.2 Å². The summed E-state index contributed by atoms with van der Waals surface area (Å²) in [6, 6.07) is 5.27. The number of aromatic nitrogens is 5. The number of nitrogen functional groups attached to an aromatic ring is 1. The van der Waals surface area contributed by atoms with E-state index in [1.165, 1.54) is 41.1 Å². The average molecular weight is 600 g/mol. The molecule has 1 unspecified atom stereocenters. The van der Waals surface area contributed by atoms with E-state index in [4.69, 9.17) is 5.73 Å². The van der Waals surface area contributed by atoms with Gasteiger partial charge in [-0.3, -0.25) is 9.20 Å². The number of amides is 1. The van der Waals surface area contributed by atoms with Gasteiger partial charge in [-0.15, -0.1) is 0 Å². The van der Waals surface area contributed by atoms with Crippen LogP contribution in [0.1, 0.15) is 30.2 Å². The lowest BCUT2D eigenvalue weighted by Gasteiger charge is -2.23. The zero-order valence-electron chi connectivity index (χ0n) is 19.2. The molecule has 1 atom stereocenters. The quantitative estimate of drug-likeness (QED) is 0.310. The molecule has 3 aromatic heterocycles. The van der Waals surface area contributed by atoms with Crippen LogP contribution in [0.2, 0.25) is 0 Å². The van der Waals surface area contributed by atoms with Crippen molar-refractivity contribution in [3.8, 4) is 11.5 Å². The maximum Gasteiger partial charge on any atom is 0.453 e. The van der Waals surface area contributed by atoms with Gasteiger partial charge in [0, 0.05) is 12.6 Å². The minimum Gasteiger partial charge on any atom is -0.383 e. The molecule has 1 amide bonds. The van der Waals surface area contributed by atoms with Crippen molar-refractivity contribution in [3.63, 3.8) is 0 Å². The zero-order valence-corrected chi connectivity index (χ0v) is 20.8. The number of halogens is 7. The van der Waals surface area contributed by atoms with Gasteiger partial charge < -0.3 is 11.1 Å². The SMILES string of the molecule is CC1(c2ccc(F)cc2)C(=O)Nc2nc(-c3cn4c(Br)cnc4c(CCC(F)(F)C(F)(F)F)n3)nc(N)c21. The third-order valence-electron chi connectivity index (χ3n) is 6.38. The third kappa shape index (κ3) is 4.04. The lowest BCUT2D eigenvalue weighted by molar-refractivity contribution is -0.284. The Hall–Kier alpha value is -3.75. The number of fused-ring (bicyclic) bond motifs is 2. The number of carbonyl (C=O) groups is 1. The van der Waals surface area contributed by atoms with Gasteiger partial charge in [-0.1, -0.05) is 12.1 Å². The molecule has 4 heterocycles. The van der Waals surface area contributed by atoms with Crippen molar-refractivity contribution in [1.29, 1.82) is 0 Å². The summed E-state index contributed by atoms with van der Waals surface area (Å²) in [6.45, 7) is 1.58. The van der Waals surface area contributed by atoms with E-state index in [1.54, 1.807) is 6.92 Å². The summed E-state index contributed by atoms with van der Waals surface area (Å²) in [5, 5.41) is 2.63. The highest BCUT2D eigenvalue weighted by Crippen LogP contribution is 2.45. The van der Waals surface area contributed by atoms with Crippen LogP contribution in [-0.4, -0.2) is 42.3 Å². The number of nitrogens with zero attached hydrogens (tertiary/aromatic N) is 5. The summed E-state index contributed by atoms with van der Waals surface area (Å²) < 4.78 is 80.6. The molecule has 198 valence electrons. The van der Waals surface area contributed by atoms with Crippen LogP contribution in [0.5, 0.6) is 0 Å². The topological polar surface area (TPSA) is 111 Å². The van der Waals surface area contributed by atoms with Crippen LogP contribution in [0.3, 0.4) is 0 Å². The Morgan fingerprint density at radius 1 is 1.11 bits per heavy atom. The minimum atomic E-state index is -5.72. The third-order valence-corrected chi connectivity index (χ3v) is 6.97. The van der Waals surface area contributed by atoms with Crippen LogP contribution in [0.15, 0.2) is 41.3 Å². The Bertz CT molecular complexity index is 1590. The van der Waals surface area contributed by atoms with Crippen LogP contribution in [0.4, 0.5) is 38.0 Å². The molecular weight excluding hydrogens is 584 g/mol. The fraction of sp³-hybridized carbons (Fsp3) is 0.261. The Balaban J connectivity index is 1.59. The van der Waals surface area contributed by atoms with Crippen molar-refractivity contribution in [2.45, 2.75) is 37.3 Å². The van der Waals surface area contributed by atoms with Crippen LogP contribution < -0.4 is 11.1 Å². The van der Waals surface area contributed by atoms with E-state index in [0.717, 1.165) is 0 Å². The normalized spacial score (nSPS) is 17.6. The summed E-state index contributed by atoms with van der Waals surface area (Å²) >= 11 is 3.24. The second-order valence-corrected chi connectivity index (χ2v) is 9.60. The van der Waals surface area contributed by atoms with Crippen LogP contribution in [0, 0.1) is 5.82 Å². The van der Waals surface area contributed by atoms with Gasteiger partial charge in [-0.2, -0.15) is 22.0 Å². The van der Waals surface area contributed by atoms with Crippen molar-refractivity contribution < 1.29 is 31.1 Å². The fourth-order valence-corrected chi connectivity index (χ4v) is 4.67. The Morgan fingerprint density at radius 2 is 1.79 bits per heavy atom. The molecule has 15 heteroatoms. The molecule has 0 saturated carbocycles. The molecule has 0 spiro atoms. The number of hydrogen-bond donors (Lipinski definition) is 2. The summed E-state index contributed by atoms with van der Waals surface area (Å²) in [5.74, 6) is -6.08. The van der Waals surface area contributed by atoms with E-state index in [-0.39, 0.29) is 40.1 Å². The molecule has 0 radical (unpaired) electrons. The molecular formula is C23H16BrF6N7O. The van der Waals surface area contributed by atoms with Crippen LogP contribution >= 0.6 is 15.9 Å². The van der Waals surface area contributed by atoms with Gasteiger partial charge >= 0.3 is 12.1 Å². The molecule has 0 bridgehead atoms. The van der Waals surface area contributed by atoms with Gasteiger partial charge in [0.1, 0.15) is 33.2 Å². The van der Waals surface area contributed by atoms with E-state index in [1.807, 2.05) is 0 Å². The molecule has 0 fully saturated rings. The average Bonchev–Trinajstić information content (AvgIpc) is 3.34. The monoisotopic (exact) mass is 599 g/mol. The number of hydrogen-bond acceptors (Lipinski definition) is 6. The number of benzene rings is 1. The molecule has 1 aromatic carbocycles. The van der Waals surface area contributed by atoms with Crippen molar-refractivity contribution in [2.24, 2.45) is 0 Å². The molecule has 38 heavy (non-hydrogen) atoms. The first-order chi connectivity index (χ1) is 17.7. The van der Waals surface area contributed by atoms with Gasteiger partial charge in [-0.25, -0.2) is 24.3 Å². The Morgan fingerprint density at radius 3 is 2.45 bits per heavy atom.